The van der Waals surface area contributed by atoms with Gasteiger partial charge in [0.25, 0.3) is 0 Å². The zero-order valence-electron chi connectivity index (χ0n) is 15.5. The van der Waals surface area contributed by atoms with Crippen LogP contribution in [0.2, 0.25) is 0 Å². The molecule has 1 atom stereocenters. The minimum atomic E-state index is 0.0235. The summed E-state index contributed by atoms with van der Waals surface area (Å²) in [5.74, 6) is 0. The molecule has 0 bridgehead atoms. The molecule has 2 N–H and O–H groups in total. The lowest BCUT2D eigenvalue weighted by Gasteiger charge is -2.35. The maximum absolute atomic E-state index is 12.4. The van der Waals surface area contributed by atoms with Gasteiger partial charge >= 0.3 is 5.69 Å². The summed E-state index contributed by atoms with van der Waals surface area (Å²) in [6.45, 7) is 6.95. The first-order valence-electron chi connectivity index (χ1n) is 9.61. The number of hydrogen-bond acceptors (Lipinski definition) is 5. The number of aromatic amines is 1. The predicted octanol–water partition coefficient (Wildman–Crippen LogP) is 0.844. The molecule has 0 amide bonds. The molecule has 3 heterocycles. The first-order chi connectivity index (χ1) is 12.8. The van der Waals surface area contributed by atoms with Gasteiger partial charge in [0.15, 0.2) is 0 Å². The third kappa shape index (κ3) is 3.57. The highest BCUT2D eigenvalue weighted by molar-refractivity contribution is 5.75. The van der Waals surface area contributed by atoms with Crippen LogP contribution in [0.3, 0.4) is 0 Å². The number of benzene rings is 1. The first-order valence-corrected chi connectivity index (χ1v) is 9.61. The molecule has 2 fully saturated rings. The van der Waals surface area contributed by atoms with Gasteiger partial charge in [0.1, 0.15) is 0 Å². The Bertz CT molecular complexity index is 778. The van der Waals surface area contributed by atoms with E-state index in [1.165, 1.54) is 0 Å². The summed E-state index contributed by atoms with van der Waals surface area (Å²) >= 11 is 0. The van der Waals surface area contributed by atoms with Crippen molar-refractivity contribution in [3.8, 4) is 0 Å². The normalized spacial score (nSPS) is 23.2. The molecule has 2 aliphatic heterocycles. The van der Waals surface area contributed by atoms with E-state index in [1.54, 1.807) is 7.11 Å². The summed E-state index contributed by atoms with van der Waals surface area (Å²) < 4.78 is 7.19. The average Bonchev–Trinajstić information content (AvgIpc) is 3.23. The van der Waals surface area contributed by atoms with Crippen LogP contribution in [0.15, 0.2) is 29.1 Å². The van der Waals surface area contributed by atoms with E-state index in [0.717, 1.165) is 69.9 Å². The van der Waals surface area contributed by atoms with Crippen molar-refractivity contribution in [1.82, 2.24) is 24.7 Å². The van der Waals surface area contributed by atoms with Crippen LogP contribution in [0.4, 0.5) is 0 Å². The number of aromatic nitrogens is 2. The molecule has 2 aromatic rings. The van der Waals surface area contributed by atoms with Crippen LogP contribution in [-0.4, -0.2) is 78.5 Å². The summed E-state index contributed by atoms with van der Waals surface area (Å²) in [7, 11) is 1.76. The fourth-order valence-corrected chi connectivity index (χ4v) is 4.38. The predicted molar refractivity (Wildman–Crippen MR) is 103 cm³/mol. The van der Waals surface area contributed by atoms with Crippen molar-refractivity contribution in [2.45, 2.75) is 24.9 Å². The third-order valence-electron chi connectivity index (χ3n) is 5.81. The first kappa shape index (κ1) is 17.7. The van der Waals surface area contributed by atoms with Gasteiger partial charge in [-0.2, -0.15) is 0 Å². The fraction of sp³-hybridized carbons (Fsp3) is 0.632. The topological polar surface area (TPSA) is 65.5 Å². The van der Waals surface area contributed by atoms with Gasteiger partial charge in [-0.1, -0.05) is 12.1 Å². The van der Waals surface area contributed by atoms with Gasteiger partial charge in [-0.05, 0) is 25.0 Å². The number of hydrogen-bond donors (Lipinski definition) is 2. The maximum atomic E-state index is 12.4. The highest BCUT2D eigenvalue weighted by atomic mass is 16.5. The largest absolute Gasteiger partial charge is 0.383 e. The number of H-pyrrole nitrogens is 1. The number of piperidine rings is 1. The summed E-state index contributed by atoms with van der Waals surface area (Å²) in [6, 6.07) is 8.83. The molecule has 2 aliphatic rings. The summed E-state index contributed by atoms with van der Waals surface area (Å²) in [5, 5.41) is 3.47. The molecule has 0 radical (unpaired) electrons. The van der Waals surface area contributed by atoms with Crippen LogP contribution < -0.4 is 11.0 Å². The van der Waals surface area contributed by atoms with Crippen molar-refractivity contribution in [2.75, 3.05) is 53.1 Å². The molecule has 0 spiro atoms. The minimum Gasteiger partial charge on any atom is -0.383 e. The summed E-state index contributed by atoms with van der Waals surface area (Å²) in [6.07, 6.45) is 2.06. The molecule has 1 aromatic heterocycles. The molecule has 4 rings (SSSR count). The number of ether oxygens (including phenoxy) is 1. The Morgan fingerprint density at radius 2 is 2.04 bits per heavy atom. The highest BCUT2D eigenvalue weighted by Gasteiger charge is 2.29. The average molecular weight is 359 g/mol. The Labute approximate surface area is 153 Å². The van der Waals surface area contributed by atoms with Crippen LogP contribution in [-0.2, 0) is 4.74 Å². The number of rotatable bonds is 6. The zero-order chi connectivity index (χ0) is 17.9. The van der Waals surface area contributed by atoms with Gasteiger partial charge in [-0.15, -0.1) is 0 Å². The third-order valence-corrected chi connectivity index (χ3v) is 5.81. The molecule has 142 valence electrons. The molecule has 7 nitrogen and oxygen atoms in total. The van der Waals surface area contributed by atoms with E-state index in [9.17, 15) is 4.79 Å². The second-order valence-corrected chi connectivity index (χ2v) is 7.42. The van der Waals surface area contributed by atoms with Gasteiger partial charge in [-0.25, -0.2) is 4.79 Å². The van der Waals surface area contributed by atoms with Gasteiger partial charge in [0.2, 0.25) is 0 Å². The second-order valence-electron chi connectivity index (χ2n) is 7.42. The van der Waals surface area contributed by atoms with E-state index in [-0.39, 0.29) is 5.69 Å². The van der Waals surface area contributed by atoms with Gasteiger partial charge in [-0.3, -0.25) is 9.47 Å². The number of imidazole rings is 1. The standard InChI is InChI=1S/C19H29N5O2/c1-26-11-10-23-14-20-12-16(23)13-22-8-6-15(7-9-22)24-18-5-3-2-4-17(18)21-19(24)25/h2-5,15-16,20H,6-14H2,1H3,(H,21,25). The number of fused-ring (bicyclic) bond motifs is 1. The number of para-hydroxylation sites is 2. The van der Waals surface area contributed by atoms with E-state index in [4.69, 9.17) is 4.74 Å². The van der Waals surface area contributed by atoms with Crippen LogP contribution in [0.1, 0.15) is 18.9 Å². The van der Waals surface area contributed by atoms with E-state index in [0.29, 0.717) is 12.1 Å². The fourth-order valence-electron chi connectivity index (χ4n) is 4.38. The van der Waals surface area contributed by atoms with Crippen molar-refractivity contribution in [1.29, 1.82) is 0 Å². The Hall–Kier alpha value is -1.67. The molecule has 1 unspecified atom stereocenters. The van der Waals surface area contributed by atoms with Gasteiger partial charge in [0.05, 0.1) is 17.6 Å². The van der Waals surface area contributed by atoms with Crippen LogP contribution in [0.5, 0.6) is 0 Å². The van der Waals surface area contributed by atoms with E-state index in [1.807, 2.05) is 28.8 Å². The van der Waals surface area contributed by atoms with Crippen molar-refractivity contribution in [3.63, 3.8) is 0 Å². The molecule has 0 saturated carbocycles. The van der Waals surface area contributed by atoms with E-state index >= 15 is 0 Å². The number of likely N-dealkylation sites (tertiary alicyclic amines) is 1. The summed E-state index contributed by atoms with van der Waals surface area (Å²) in [5.41, 5.74) is 1.99. The molecule has 2 saturated heterocycles. The quantitative estimate of drug-likeness (QED) is 0.800. The lowest BCUT2D eigenvalue weighted by atomic mass is 10.0. The molecule has 1 aromatic carbocycles. The Kier molecular flexibility index (Phi) is 5.40. The molecule has 26 heavy (non-hydrogen) atoms. The summed E-state index contributed by atoms with van der Waals surface area (Å²) in [4.78, 5) is 20.4. The van der Waals surface area contributed by atoms with E-state index < -0.39 is 0 Å². The van der Waals surface area contributed by atoms with Crippen LogP contribution in [0.25, 0.3) is 11.0 Å². The minimum absolute atomic E-state index is 0.0235. The molecular formula is C19H29N5O2. The van der Waals surface area contributed by atoms with Crippen LogP contribution >= 0.6 is 0 Å². The Morgan fingerprint density at radius 3 is 2.85 bits per heavy atom. The lowest BCUT2D eigenvalue weighted by molar-refractivity contribution is 0.110. The molecular weight excluding hydrogens is 330 g/mol. The van der Waals surface area contributed by atoms with Gasteiger partial charge < -0.3 is 19.9 Å². The van der Waals surface area contributed by atoms with Gasteiger partial charge in [0, 0.05) is 58.6 Å². The van der Waals surface area contributed by atoms with Crippen LogP contribution in [0, 0.1) is 0 Å². The number of methoxy groups -OCH3 is 1. The van der Waals surface area contributed by atoms with E-state index in [2.05, 4.69) is 20.1 Å². The highest BCUT2D eigenvalue weighted by Crippen LogP contribution is 2.25. The smallest absolute Gasteiger partial charge is 0.326 e. The monoisotopic (exact) mass is 359 g/mol. The van der Waals surface area contributed by atoms with Crippen molar-refractivity contribution in [3.05, 3.63) is 34.7 Å². The second kappa shape index (κ2) is 7.92. The maximum Gasteiger partial charge on any atom is 0.326 e. The molecule has 0 aliphatic carbocycles. The Balaban J connectivity index is 1.37. The Morgan fingerprint density at radius 1 is 1.23 bits per heavy atom. The van der Waals surface area contributed by atoms with Crippen molar-refractivity contribution in [2.24, 2.45) is 0 Å². The number of nitrogens with zero attached hydrogens (tertiary/aromatic N) is 3. The lowest BCUT2D eigenvalue weighted by Crippen LogP contribution is -2.46. The zero-order valence-corrected chi connectivity index (χ0v) is 15.5. The SMILES string of the molecule is COCCN1CNCC1CN1CCC(n2c(=O)[nH]c3ccccc32)CC1. The number of nitrogens with one attached hydrogen (secondary N) is 2. The molecule has 7 heteroatoms. The van der Waals surface area contributed by atoms with Crippen molar-refractivity contribution < 1.29 is 4.74 Å². The van der Waals surface area contributed by atoms with Crippen molar-refractivity contribution >= 4 is 11.0 Å².